The number of fused-ring (bicyclic) bond motifs is 6. The van der Waals surface area contributed by atoms with E-state index in [2.05, 4.69) is 91.0 Å². The SMILES string of the molecule is c1ccc(-c2nc(-c3ccccc3)nc(-c3ccc4c(c3)oc3c(-c5cc6ccccc6c6ccccc56)cccc34)n2)cc1. The molecule has 0 saturated heterocycles. The molecule has 4 nitrogen and oxygen atoms in total. The number of hydrogen-bond donors (Lipinski definition) is 0. The normalized spacial score (nSPS) is 11.6. The largest absolute Gasteiger partial charge is 0.455 e. The Bertz CT molecular complexity index is 2480. The van der Waals surface area contributed by atoms with Crippen molar-refractivity contribution in [1.29, 1.82) is 0 Å². The first kappa shape index (κ1) is 25.4. The fourth-order valence-electron chi connectivity index (χ4n) is 6.36. The Hall–Kier alpha value is -6.13. The molecule has 0 unspecified atom stereocenters. The lowest BCUT2D eigenvalue weighted by Gasteiger charge is -2.11. The lowest BCUT2D eigenvalue weighted by molar-refractivity contribution is 0.670. The van der Waals surface area contributed by atoms with E-state index in [9.17, 15) is 0 Å². The average molecular weight is 576 g/mol. The van der Waals surface area contributed by atoms with Crippen LogP contribution in [-0.2, 0) is 0 Å². The molecule has 0 spiro atoms. The summed E-state index contributed by atoms with van der Waals surface area (Å²) in [5.74, 6) is 1.87. The quantitative estimate of drug-likeness (QED) is 0.196. The van der Waals surface area contributed by atoms with E-state index in [4.69, 9.17) is 19.4 Å². The molecule has 2 aromatic heterocycles. The van der Waals surface area contributed by atoms with Crippen LogP contribution in [0.15, 0.2) is 156 Å². The van der Waals surface area contributed by atoms with Crippen LogP contribution in [0.3, 0.4) is 0 Å². The van der Waals surface area contributed by atoms with Gasteiger partial charge in [0.15, 0.2) is 17.5 Å². The van der Waals surface area contributed by atoms with Crippen molar-refractivity contribution < 1.29 is 4.42 Å². The molecule has 0 radical (unpaired) electrons. The second-order valence-corrected chi connectivity index (χ2v) is 11.2. The Kier molecular flexibility index (Phi) is 5.78. The Labute approximate surface area is 259 Å². The highest BCUT2D eigenvalue weighted by Crippen LogP contribution is 2.41. The van der Waals surface area contributed by atoms with Gasteiger partial charge in [-0.15, -0.1) is 0 Å². The first-order valence-electron chi connectivity index (χ1n) is 15.0. The number of furan rings is 1. The highest BCUT2D eigenvalue weighted by atomic mass is 16.3. The van der Waals surface area contributed by atoms with E-state index in [0.717, 1.165) is 49.8 Å². The molecule has 0 N–H and O–H groups in total. The summed E-state index contributed by atoms with van der Waals surface area (Å²) >= 11 is 0. The standard InChI is InChI=1S/C41H25N3O/c1-3-12-26(13-4-1)39-42-40(27-14-5-2-6-15-27)44-41(43-39)29-22-23-33-34-20-11-21-35(38(34)45-37(33)25-29)36-24-28-16-7-8-17-30(28)31-18-9-10-19-32(31)36/h1-25H. The molecule has 210 valence electrons. The second-order valence-electron chi connectivity index (χ2n) is 11.2. The molecule has 7 aromatic carbocycles. The minimum atomic E-state index is 0.603. The van der Waals surface area contributed by atoms with Crippen LogP contribution in [0.2, 0.25) is 0 Å². The molecule has 0 amide bonds. The van der Waals surface area contributed by atoms with Crippen LogP contribution in [0, 0.1) is 0 Å². The summed E-state index contributed by atoms with van der Waals surface area (Å²) in [7, 11) is 0. The van der Waals surface area contributed by atoms with Gasteiger partial charge < -0.3 is 4.42 Å². The van der Waals surface area contributed by atoms with Crippen molar-refractivity contribution in [2.75, 3.05) is 0 Å². The van der Waals surface area contributed by atoms with Crippen LogP contribution >= 0.6 is 0 Å². The minimum Gasteiger partial charge on any atom is -0.455 e. The maximum Gasteiger partial charge on any atom is 0.164 e. The molecule has 0 saturated carbocycles. The number of para-hydroxylation sites is 1. The average Bonchev–Trinajstić information content (AvgIpc) is 3.50. The fraction of sp³-hybridized carbons (Fsp3) is 0. The van der Waals surface area contributed by atoms with Crippen molar-refractivity contribution in [3.8, 4) is 45.3 Å². The predicted octanol–water partition coefficient (Wildman–Crippen LogP) is 10.7. The Morgan fingerprint density at radius 1 is 0.356 bits per heavy atom. The van der Waals surface area contributed by atoms with Crippen molar-refractivity contribution >= 4 is 43.5 Å². The maximum absolute atomic E-state index is 6.72. The monoisotopic (exact) mass is 575 g/mol. The first-order valence-corrected chi connectivity index (χ1v) is 15.0. The van der Waals surface area contributed by atoms with Gasteiger partial charge in [0.1, 0.15) is 11.2 Å². The molecule has 9 rings (SSSR count). The maximum atomic E-state index is 6.72. The van der Waals surface area contributed by atoms with E-state index in [1.54, 1.807) is 0 Å². The van der Waals surface area contributed by atoms with E-state index in [0.29, 0.717) is 17.5 Å². The third-order valence-electron chi connectivity index (χ3n) is 8.51. The first-order chi connectivity index (χ1) is 22.3. The number of rotatable bonds is 4. The number of aromatic nitrogens is 3. The molecule has 0 aliphatic carbocycles. The van der Waals surface area contributed by atoms with Crippen LogP contribution in [0.25, 0.3) is 88.8 Å². The van der Waals surface area contributed by atoms with Crippen molar-refractivity contribution in [3.05, 3.63) is 152 Å². The van der Waals surface area contributed by atoms with Gasteiger partial charge in [0.2, 0.25) is 0 Å². The molecule has 45 heavy (non-hydrogen) atoms. The lowest BCUT2D eigenvalue weighted by Crippen LogP contribution is -2.00. The molecule has 4 heteroatoms. The zero-order chi connectivity index (χ0) is 29.7. The van der Waals surface area contributed by atoms with Gasteiger partial charge in [-0.25, -0.2) is 15.0 Å². The molecule has 9 aromatic rings. The van der Waals surface area contributed by atoms with Crippen LogP contribution < -0.4 is 0 Å². The third-order valence-corrected chi connectivity index (χ3v) is 8.51. The summed E-state index contributed by atoms with van der Waals surface area (Å²) in [6, 6.07) is 52.2. The van der Waals surface area contributed by atoms with Crippen LogP contribution in [0.4, 0.5) is 0 Å². The third kappa shape index (κ3) is 4.27. The van der Waals surface area contributed by atoms with Gasteiger partial charge in [0.05, 0.1) is 0 Å². The molecule has 0 aliphatic rings. The Morgan fingerprint density at radius 2 is 0.933 bits per heavy atom. The van der Waals surface area contributed by atoms with Crippen molar-refractivity contribution in [3.63, 3.8) is 0 Å². The molecule has 0 aliphatic heterocycles. The molecular formula is C41H25N3O. The van der Waals surface area contributed by atoms with E-state index >= 15 is 0 Å². The van der Waals surface area contributed by atoms with Gasteiger partial charge >= 0.3 is 0 Å². The lowest BCUT2D eigenvalue weighted by atomic mass is 9.92. The van der Waals surface area contributed by atoms with Gasteiger partial charge in [0.25, 0.3) is 0 Å². The summed E-state index contributed by atoms with van der Waals surface area (Å²) < 4.78 is 6.72. The van der Waals surface area contributed by atoms with Gasteiger partial charge in [-0.1, -0.05) is 133 Å². The van der Waals surface area contributed by atoms with Gasteiger partial charge in [0, 0.05) is 33.0 Å². The summed E-state index contributed by atoms with van der Waals surface area (Å²) in [4.78, 5) is 14.7. The highest BCUT2D eigenvalue weighted by molar-refractivity contribution is 6.17. The number of hydrogen-bond acceptors (Lipinski definition) is 4. The molecule has 2 heterocycles. The second kappa shape index (κ2) is 10.2. The van der Waals surface area contributed by atoms with Crippen molar-refractivity contribution in [2.45, 2.75) is 0 Å². The van der Waals surface area contributed by atoms with Gasteiger partial charge in [-0.2, -0.15) is 0 Å². The van der Waals surface area contributed by atoms with E-state index in [1.165, 1.54) is 21.5 Å². The highest BCUT2D eigenvalue weighted by Gasteiger charge is 2.18. The van der Waals surface area contributed by atoms with Crippen molar-refractivity contribution in [2.24, 2.45) is 0 Å². The zero-order valence-corrected chi connectivity index (χ0v) is 24.2. The van der Waals surface area contributed by atoms with Crippen LogP contribution in [0.1, 0.15) is 0 Å². The number of nitrogens with zero attached hydrogens (tertiary/aromatic N) is 3. The Morgan fingerprint density at radius 3 is 1.64 bits per heavy atom. The minimum absolute atomic E-state index is 0.603. The summed E-state index contributed by atoms with van der Waals surface area (Å²) in [6.45, 7) is 0. The van der Waals surface area contributed by atoms with E-state index in [1.807, 2.05) is 60.7 Å². The summed E-state index contributed by atoms with van der Waals surface area (Å²) in [6.07, 6.45) is 0. The van der Waals surface area contributed by atoms with E-state index in [-0.39, 0.29) is 0 Å². The number of benzene rings is 7. The molecule has 0 atom stereocenters. The van der Waals surface area contributed by atoms with Gasteiger partial charge in [-0.3, -0.25) is 0 Å². The fourth-order valence-corrected chi connectivity index (χ4v) is 6.36. The zero-order valence-electron chi connectivity index (χ0n) is 24.2. The molecule has 0 bridgehead atoms. The topological polar surface area (TPSA) is 51.8 Å². The molecule has 0 fully saturated rings. The van der Waals surface area contributed by atoms with Crippen LogP contribution in [0.5, 0.6) is 0 Å². The summed E-state index contributed by atoms with van der Waals surface area (Å²) in [5.41, 5.74) is 6.65. The molecular weight excluding hydrogens is 550 g/mol. The predicted molar refractivity (Wildman–Crippen MR) is 184 cm³/mol. The smallest absolute Gasteiger partial charge is 0.164 e. The van der Waals surface area contributed by atoms with E-state index < -0.39 is 0 Å². The van der Waals surface area contributed by atoms with Crippen molar-refractivity contribution in [1.82, 2.24) is 15.0 Å². The van der Waals surface area contributed by atoms with Crippen LogP contribution in [-0.4, -0.2) is 15.0 Å². The summed E-state index contributed by atoms with van der Waals surface area (Å²) in [5, 5.41) is 7.04. The Balaban J connectivity index is 1.24. The van der Waals surface area contributed by atoms with Gasteiger partial charge in [-0.05, 0) is 45.3 Å².